The van der Waals surface area contributed by atoms with E-state index < -0.39 is 10.0 Å². The van der Waals surface area contributed by atoms with Crippen LogP contribution in [0, 0.1) is 0 Å². The summed E-state index contributed by atoms with van der Waals surface area (Å²) in [5, 5.41) is 2.94. The van der Waals surface area contributed by atoms with E-state index in [4.69, 9.17) is 4.74 Å². The van der Waals surface area contributed by atoms with Gasteiger partial charge >= 0.3 is 0 Å². The second-order valence-corrected chi connectivity index (χ2v) is 9.27. The Bertz CT molecular complexity index is 945. The Balaban J connectivity index is 1.72. The molecule has 7 nitrogen and oxygen atoms in total. The quantitative estimate of drug-likeness (QED) is 0.748. The van der Waals surface area contributed by atoms with Crippen LogP contribution in [0.4, 0.5) is 0 Å². The van der Waals surface area contributed by atoms with Crippen molar-refractivity contribution in [3.8, 4) is 5.75 Å². The molecule has 1 aliphatic heterocycles. The van der Waals surface area contributed by atoms with Gasteiger partial charge < -0.3 is 14.6 Å². The average molecular weight is 420 g/mol. The van der Waals surface area contributed by atoms with Crippen LogP contribution in [0.1, 0.15) is 55.2 Å². The Hall–Kier alpha value is -2.32. The minimum Gasteiger partial charge on any atom is -0.494 e. The molecule has 0 radical (unpaired) electrons. The van der Waals surface area contributed by atoms with Gasteiger partial charge in [0, 0.05) is 26.3 Å². The number of nitrogens with zero attached hydrogens (tertiary/aromatic N) is 2. The van der Waals surface area contributed by atoms with Gasteiger partial charge in [-0.1, -0.05) is 18.6 Å². The van der Waals surface area contributed by atoms with E-state index in [1.807, 2.05) is 38.1 Å². The van der Waals surface area contributed by atoms with Gasteiger partial charge in [0.1, 0.15) is 16.3 Å². The maximum atomic E-state index is 12.9. The lowest BCUT2D eigenvalue weighted by Crippen LogP contribution is -2.35. The summed E-state index contributed by atoms with van der Waals surface area (Å²) in [5.41, 5.74) is 1.26. The monoisotopic (exact) mass is 419 g/mol. The first-order chi connectivity index (χ1) is 13.8. The minimum absolute atomic E-state index is 0.167. The van der Waals surface area contributed by atoms with E-state index in [2.05, 4.69) is 5.32 Å². The highest BCUT2D eigenvalue weighted by Gasteiger charge is 2.28. The smallest absolute Gasteiger partial charge is 0.268 e. The topological polar surface area (TPSA) is 80.6 Å². The lowest BCUT2D eigenvalue weighted by Gasteiger charge is -2.25. The van der Waals surface area contributed by atoms with Crippen molar-refractivity contribution < 1.29 is 17.9 Å². The third-order valence-corrected chi connectivity index (χ3v) is 7.07. The zero-order chi connectivity index (χ0) is 21.0. The Morgan fingerprint density at radius 3 is 2.45 bits per heavy atom. The number of nitrogens with one attached hydrogen (secondary N) is 1. The van der Waals surface area contributed by atoms with Crippen LogP contribution in [0.25, 0.3) is 0 Å². The second-order valence-electron chi connectivity index (χ2n) is 7.33. The van der Waals surface area contributed by atoms with Crippen molar-refractivity contribution >= 4 is 15.9 Å². The molecule has 8 heteroatoms. The third-order valence-electron chi connectivity index (χ3n) is 5.20. The molecule has 0 spiro atoms. The number of hydrogen-bond acceptors (Lipinski definition) is 4. The van der Waals surface area contributed by atoms with Crippen molar-refractivity contribution in [3.63, 3.8) is 0 Å². The summed E-state index contributed by atoms with van der Waals surface area (Å²) in [5.74, 6) is 0.471. The lowest BCUT2D eigenvalue weighted by molar-refractivity contribution is 0.0931. The number of ether oxygens (including phenoxy) is 1. The summed E-state index contributed by atoms with van der Waals surface area (Å²) in [6.07, 6.45) is 4.32. The molecule has 1 fully saturated rings. The van der Waals surface area contributed by atoms with Crippen LogP contribution in [0.15, 0.2) is 41.4 Å². The van der Waals surface area contributed by atoms with Crippen LogP contribution in [-0.4, -0.2) is 42.9 Å². The van der Waals surface area contributed by atoms with Gasteiger partial charge in [-0.15, -0.1) is 0 Å². The first-order valence-corrected chi connectivity index (χ1v) is 11.5. The molecule has 29 heavy (non-hydrogen) atoms. The van der Waals surface area contributed by atoms with E-state index in [-0.39, 0.29) is 16.8 Å². The molecule has 1 unspecified atom stereocenters. The number of benzene rings is 1. The number of carbonyl (C=O) groups excluding carboxylic acids is 1. The van der Waals surface area contributed by atoms with Crippen molar-refractivity contribution in [2.75, 3.05) is 19.7 Å². The Morgan fingerprint density at radius 1 is 1.17 bits per heavy atom. The normalized spacial score (nSPS) is 16.4. The molecule has 1 saturated heterocycles. The molecule has 1 aliphatic rings. The van der Waals surface area contributed by atoms with Gasteiger partial charge in [0.25, 0.3) is 5.91 Å². The molecular formula is C21H29N3O4S. The fraction of sp³-hybridized carbons (Fsp3) is 0.476. The van der Waals surface area contributed by atoms with Gasteiger partial charge in [-0.2, -0.15) is 4.31 Å². The van der Waals surface area contributed by atoms with Gasteiger partial charge in [0.2, 0.25) is 10.0 Å². The second kappa shape index (κ2) is 9.00. The molecular weight excluding hydrogens is 390 g/mol. The zero-order valence-electron chi connectivity index (χ0n) is 17.2. The van der Waals surface area contributed by atoms with Crippen molar-refractivity contribution in [2.45, 2.75) is 44.0 Å². The molecule has 0 bridgehead atoms. The number of rotatable bonds is 7. The fourth-order valence-electron chi connectivity index (χ4n) is 3.53. The van der Waals surface area contributed by atoms with E-state index >= 15 is 0 Å². The Labute approximate surface area is 172 Å². The molecule has 0 aliphatic carbocycles. The molecule has 3 rings (SSSR count). The van der Waals surface area contributed by atoms with Crippen LogP contribution < -0.4 is 10.1 Å². The van der Waals surface area contributed by atoms with Crippen molar-refractivity contribution in [3.05, 3.63) is 47.8 Å². The van der Waals surface area contributed by atoms with Crippen LogP contribution in [0.3, 0.4) is 0 Å². The maximum Gasteiger partial charge on any atom is 0.268 e. The summed E-state index contributed by atoms with van der Waals surface area (Å²) in [7, 11) is -1.88. The molecule has 1 N–H and O–H groups in total. The Kier molecular flexibility index (Phi) is 6.64. The van der Waals surface area contributed by atoms with Crippen molar-refractivity contribution in [2.24, 2.45) is 7.05 Å². The van der Waals surface area contributed by atoms with Gasteiger partial charge in [-0.05, 0) is 50.5 Å². The van der Waals surface area contributed by atoms with E-state index in [0.717, 1.165) is 30.6 Å². The highest BCUT2D eigenvalue weighted by atomic mass is 32.2. The third kappa shape index (κ3) is 4.82. The predicted molar refractivity (Wildman–Crippen MR) is 112 cm³/mol. The number of aryl methyl sites for hydroxylation is 1. The average Bonchev–Trinajstić information content (AvgIpc) is 3.12. The van der Waals surface area contributed by atoms with E-state index in [0.29, 0.717) is 25.4 Å². The number of aromatic nitrogens is 1. The molecule has 2 heterocycles. The molecule has 2 aromatic rings. The molecule has 158 valence electrons. The molecule has 1 aromatic carbocycles. The van der Waals surface area contributed by atoms with Crippen molar-refractivity contribution in [1.82, 2.24) is 14.2 Å². The minimum atomic E-state index is -3.57. The van der Waals surface area contributed by atoms with Gasteiger partial charge in [-0.25, -0.2) is 8.42 Å². The highest BCUT2D eigenvalue weighted by Crippen LogP contribution is 2.23. The van der Waals surface area contributed by atoms with E-state index in [9.17, 15) is 13.2 Å². The molecule has 0 saturated carbocycles. The Morgan fingerprint density at radius 2 is 1.83 bits per heavy atom. The van der Waals surface area contributed by atoms with E-state index in [1.165, 1.54) is 16.6 Å². The molecule has 1 amide bonds. The van der Waals surface area contributed by atoms with Gasteiger partial charge in [0.15, 0.2) is 0 Å². The fourth-order valence-corrected chi connectivity index (χ4v) is 5.12. The number of sulfonamides is 1. The lowest BCUT2D eigenvalue weighted by atomic mass is 10.1. The standard InChI is InChI=1S/C21H29N3O4S/c1-4-28-18-10-8-17(9-11-18)16(2)22-21(25)20-14-19(15-23(20)3)29(26,27)24-12-6-5-7-13-24/h8-11,14-16H,4-7,12-13H2,1-3H3,(H,22,25). The maximum absolute atomic E-state index is 12.9. The van der Waals surface area contributed by atoms with Crippen LogP contribution in [0.2, 0.25) is 0 Å². The number of amides is 1. The van der Waals surface area contributed by atoms with Gasteiger partial charge in [0.05, 0.1) is 12.6 Å². The number of carbonyl (C=O) groups is 1. The van der Waals surface area contributed by atoms with Crippen molar-refractivity contribution in [1.29, 1.82) is 0 Å². The summed E-state index contributed by atoms with van der Waals surface area (Å²) in [6.45, 7) is 5.49. The summed E-state index contributed by atoms with van der Waals surface area (Å²) in [6, 6.07) is 8.79. The van der Waals surface area contributed by atoms with Crippen LogP contribution in [0.5, 0.6) is 5.75 Å². The molecule has 1 atom stereocenters. The zero-order valence-corrected chi connectivity index (χ0v) is 18.0. The number of hydrogen-bond donors (Lipinski definition) is 1. The first kappa shape index (κ1) is 21.4. The first-order valence-electron chi connectivity index (χ1n) is 10.0. The van der Waals surface area contributed by atoms with Crippen LogP contribution >= 0.6 is 0 Å². The molecule has 1 aromatic heterocycles. The van der Waals surface area contributed by atoms with Gasteiger partial charge in [-0.3, -0.25) is 4.79 Å². The SMILES string of the molecule is CCOc1ccc(C(C)NC(=O)c2cc(S(=O)(=O)N3CCCCC3)cn2C)cc1. The summed E-state index contributed by atoms with van der Waals surface area (Å²) >= 11 is 0. The van der Waals surface area contributed by atoms with E-state index in [1.54, 1.807) is 11.6 Å². The highest BCUT2D eigenvalue weighted by molar-refractivity contribution is 7.89. The predicted octanol–water partition coefficient (Wildman–Crippen LogP) is 3.09. The number of piperidine rings is 1. The van der Waals surface area contributed by atoms with Crippen LogP contribution in [-0.2, 0) is 17.1 Å². The summed E-state index contributed by atoms with van der Waals surface area (Å²) in [4.78, 5) is 12.9. The largest absolute Gasteiger partial charge is 0.494 e. The summed E-state index contributed by atoms with van der Waals surface area (Å²) < 4.78 is 34.3.